The van der Waals surface area contributed by atoms with Crippen molar-refractivity contribution in [1.82, 2.24) is 10.6 Å². The Labute approximate surface area is 586 Å². The zero-order valence-electron chi connectivity index (χ0n) is 63.0. The Hall–Kier alpha value is -3.83. The van der Waals surface area contributed by atoms with Gasteiger partial charge < -0.3 is 35.3 Å². The number of amides is 3. The maximum absolute atomic E-state index is 12.9. The average molecular weight is 1340 g/mol. The number of rotatable bonds is 72. The Morgan fingerprint density at radius 1 is 0.326 bits per heavy atom. The fourth-order valence-corrected chi connectivity index (χ4v) is 12.6. The first-order valence-corrected chi connectivity index (χ1v) is 41.2. The normalized spacial score (nSPS) is 11.2. The van der Waals surface area contributed by atoms with Crippen LogP contribution in [0.15, 0.2) is 24.3 Å². The molecular weight excluding hydrogens is 1180 g/mol. The molecule has 0 aliphatic rings. The lowest BCUT2D eigenvalue weighted by Crippen LogP contribution is -2.33. The third kappa shape index (κ3) is 72.7. The van der Waals surface area contributed by atoms with E-state index in [1.54, 1.807) is 19.2 Å². The van der Waals surface area contributed by atoms with Crippen LogP contribution in [0.2, 0.25) is 0 Å². The molecule has 4 N–H and O–H groups in total. The quantitative estimate of drug-likeness (QED) is 0.0215. The Balaban J connectivity index is 0.00000373. The van der Waals surface area contributed by atoms with Crippen molar-refractivity contribution >= 4 is 35.5 Å². The second kappa shape index (κ2) is 75.9. The van der Waals surface area contributed by atoms with Crippen LogP contribution in [0.4, 0.5) is 10.5 Å². The van der Waals surface area contributed by atoms with Gasteiger partial charge in [-0.05, 0) is 56.4 Å². The van der Waals surface area contributed by atoms with E-state index in [2.05, 4.69) is 36.7 Å². The minimum Gasteiger partial charge on any atom is -0.508 e. The first-order chi connectivity index (χ1) is 46.6. The van der Waals surface area contributed by atoms with Gasteiger partial charge in [0, 0.05) is 45.0 Å². The molecule has 0 saturated heterocycles. The number of carbonyl (C=O) groups excluding carboxylic acids is 5. The molecule has 0 atom stereocenters. The molecule has 1 rings (SSSR count). The number of urea groups is 1. The van der Waals surface area contributed by atoms with Crippen molar-refractivity contribution in [3.8, 4) is 5.75 Å². The highest BCUT2D eigenvalue weighted by atomic mass is 16.6. The van der Waals surface area contributed by atoms with Gasteiger partial charge >= 0.3 is 23.9 Å². The molecule has 1 aromatic carbocycles. The van der Waals surface area contributed by atoms with Crippen molar-refractivity contribution in [1.29, 1.82) is 0 Å². The minimum absolute atomic E-state index is 0.0463. The first kappa shape index (κ1) is 91.2. The van der Waals surface area contributed by atoms with Gasteiger partial charge in [0.05, 0.1) is 0 Å². The summed E-state index contributed by atoms with van der Waals surface area (Å²) in [5.41, 5.74) is 0.675. The van der Waals surface area contributed by atoms with E-state index in [0.29, 0.717) is 37.9 Å². The molecule has 1 aromatic rings. The molecule has 0 saturated carbocycles. The summed E-state index contributed by atoms with van der Waals surface area (Å²) in [4.78, 5) is 60.9. The van der Waals surface area contributed by atoms with Gasteiger partial charge in [-0.25, -0.2) is 4.79 Å². The molecular formula is C83H155N3O9. The first-order valence-electron chi connectivity index (χ1n) is 41.2. The van der Waals surface area contributed by atoms with Crippen LogP contribution in [-0.4, -0.2) is 67.9 Å². The van der Waals surface area contributed by atoms with E-state index in [1.807, 2.05) is 0 Å². The fourth-order valence-electron chi connectivity index (χ4n) is 12.6. The zero-order chi connectivity index (χ0) is 69.1. The van der Waals surface area contributed by atoms with Gasteiger partial charge in [0.1, 0.15) is 19.0 Å². The van der Waals surface area contributed by atoms with Crippen molar-refractivity contribution in [2.75, 3.05) is 32.1 Å². The van der Waals surface area contributed by atoms with Crippen LogP contribution in [0.25, 0.3) is 0 Å². The van der Waals surface area contributed by atoms with Crippen LogP contribution in [0.1, 0.15) is 432 Å². The van der Waals surface area contributed by atoms with E-state index < -0.39 is 6.10 Å². The lowest BCUT2D eigenvalue weighted by Gasteiger charge is -2.18. The number of carbonyl (C=O) groups is 5. The number of hydrogen-bond acceptors (Lipinski definition) is 9. The van der Waals surface area contributed by atoms with E-state index in [4.69, 9.17) is 19.3 Å². The maximum Gasteiger partial charge on any atom is 0.314 e. The van der Waals surface area contributed by atoms with Crippen LogP contribution in [-0.2, 0) is 33.4 Å². The van der Waals surface area contributed by atoms with Crippen LogP contribution < -0.4 is 16.0 Å². The summed E-state index contributed by atoms with van der Waals surface area (Å²) in [6, 6.07) is 6.18. The van der Waals surface area contributed by atoms with Gasteiger partial charge in [0.2, 0.25) is 5.91 Å². The van der Waals surface area contributed by atoms with Crippen LogP contribution in [0.5, 0.6) is 5.75 Å². The molecule has 556 valence electrons. The predicted molar refractivity (Wildman–Crippen MR) is 404 cm³/mol. The highest BCUT2D eigenvalue weighted by Crippen LogP contribution is 2.21. The Kier molecular flexibility index (Phi) is 72.9. The number of benzene rings is 1. The molecule has 0 fully saturated rings. The van der Waals surface area contributed by atoms with E-state index >= 15 is 0 Å². The summed E-state index contributed by atoms with van der Waals surface area (Å²) in [6.45, 7) is 7.36. The molecule has 95 heavy (non-hydrogen) atoms. The molecule has 12 nitrogen and oxygen atoms in total. The highest BCUT2D eigenvalue weighted by Gasteiger charge is 2.20. The van der Waals surface area contributed by atoms with E-state index in [9.17, 15) is 24.0 Å². The fraction of sp³-hybridized carbons (Fsp3) is 0.867. The largest absolute Gasteiger partial charge is 0.508 e. The number of phenols is 1. The minimum atomic E-state index is -0.763. The Morgan fingerprint density at radius 3 is 0.842 bits per heavy atom. The molecule has 0 aliphatic carbocycles. The molecule has 0 bridgehead atoms. The van der Waals surface area contributed by atoms with Gasteiger partial charge in [-0.15, -0.1) is 0 Å². The number of unbranched alkanes of at least 4 members (excludes halogenated alkanes) is 56. The van der Waals surface area contributed by atoms with Gasteiger partial charge in [0.25, 0.3) is 0 Å². The highest BCUT2D eigenvalue weighted by molar-refractivity contribution is 5.90. The third-order valence-corrected chi connectivity index (χ3v) is 18.9. The number of anilines is 1. The van der Waals surface area contributed by atoms with Gasteiger partial charge in [0.15, 0.2) is 6.10 Å². The van der Waals surface area contributed by atoms with E-state index in [0.717, 1.165) is 77.0 Å². The SMILES string of the molecule is CCCCCCCCCCCCCCCCCCCCCC(=O)OCC(COC(=O)CCCCCCCCCCCCCCCCCCCCC)OC(=O)CCCCCCCCCCCCCCCCCCCCC.CNC(=O)NCCCCCC(=O)Nc1ccc(O)cc1. The van der Waals surface area contributed by atoms with E-state index in [1.165, 1.54) is 320 Å². The molecule has 12 heteroatoms. The van der Waals surface area contributed by atoms with Crippen molar-refractivity contribution in [3.05, 3.63) is 24.3 Å². The molecule has 0 spiro atoms. The van der Waals surface area contributed by atoms with Crippen molar-refractivity contribution in [2.45, 2.75) is 438 Å². The maximum atomic E-state index is 12.9. The summed E-state index contributed by atoms with van der Waals surface area (Å²) in [7, 11) is 1.57. The number of aromatic hydroxyl groups is 1. The van der Waals surface area contributed by atoms with Gasteiger partial charge in [-0.1, -0.05) is 374 Å². The number of hydrogen-bond donors (Lipinski definition) is 4. The second-order valence-electron chi connectivity index (χ2n) is 28.2. The lowest BCUT2D eigenvalue weighted by molar-refractivity contribution is -0.167. The van der Waals surface area contributed by atoms with Crippen LogP contribution in [0, 0.1) is 0 Å². The summed E-state index contributed by atoms with van der Waals surface area (Å²) < 4.78 is 17.0. The zero-order valence-corrected chi connectivity index (χ0v) is 63.0. The molecule has 3 amide bonds. The Morgan fingerprint density at radius 2 is 0.568 bits per heavy atom. The van der Waals surface area contributed by atoms with E-state index in [-0.39, 0.29) is 48.8 Å². The van der Waals surface area contributed by atoms with Gasteiger partial charge in [-0.2, -0.15) is 0 Å². The predicted octanol–water partition coefficient (Wildman–Crippen LogP) is 25.3. The monoisotopic (exact) mass is 1340 g/mol. The average Bonchev–Trinajstić information content (AvgIpc) is 1.88. The molecule has 0 aliphatic heterocycles. The van der Waals surface area contributed by atoms with Crippen molar-refractivity contribution in [2.24, 2.45) is 0 Å². The Bertz CT molecular complexity index is 1740. The molecule has 0 aromatic heterocycles. The van der Waals surface area contributed by atoms with Crippen molar-refractivity contribution in [3.63, 3.8) is 0 Å². The topological polar surface area (TPSA) is 169 Å². The molecule has 0 heterocycles. The number of ether oxygens (including phenoxy) is 3. The second-order valence-corrected chi connectivity index (χ2v) is 28.2. The summed E-state index contributed by atoms with van der Waals surface area (Å²) >= 11 is 0. The summed E-state index contributed by atoms with van der Waals surface area (Å²) in [6.07, 6.45) is 78.4. The third-order valence-electron chi connectivity index (χ3n) is 18.9. The number of esters is 3. The molecule has 0 unspecified atom stereocenters. The lowest BCUT2D eigenvalue weighted by atomic mass is 10.0. The van der Waals surface area contributed by atoms with Crippen LogP contribution >= 0.6 is 0 Å². The number of phenolic OH excluding ortho intramolecular Hbond substituents is 1. The standard InChI is InChI=1S/C69H134O6.C14H21N3O3/c1-4-7-10-13-16-19-22-25-28-31-34-37-40-43-46-49-52-55-58-61-67(70)73-64-66(75-69(72)63-60-57-54-51-48-45-42-39-36-33-30-27-24-21-18-15-12-9-6-3)65-74-68(71)62-59-56-53-50-47-44-41-38-35-32-29-26-23-20-17-14-11-8-5-2;1-15-14(20)16-10-4-2-3-5-13(19)17-11-6-8-12(18)9-7-11/h66H,4-65H2,1-3H3;6-9,18H,2-5,10H2,1H3,(H,17,19)(H2,15,16,20). The smallest absolute Gasteiger partial charge is 0.314 e. The number of nitrogens with one attached hydrogen (secondary N) is 3. The molecule has 0 radical (unpaired) electrons. The van der Waals surface area contributed by atoms with Crippen LogP contribution in [0.3, 0.4) is 0 Å². The summed E-state index contributed by atoms with van der Waals surface area (Å²) in [5, 5.41) is 17.0. The van der Waals surface area contributed by atoms with Crippen molar-refractivity contribution < 1.29 is 43.3 Å². The summed E-state index contributed by atoms with van der Waals surface area (Å²) in [5.74, 6) is -0.692. The van der Waals surface area contributed by atoms with Gasteiger partial charge in [-0.3, -0.25) is 19.2 Å².